The van der Waals surface area contributed by atoms with Gasteiger partial charge in [-0.2, -0.15) is 0 Å². The van der Waals surface area contributed by atoms with Crippen LogP contribution in [0.2, 0.25) is 0 Å². The van der Waals surface area contributed by atoms with Crippen LogP contribution in [-0.2, 0) is 9.53 Å². The highest BCUT2D eigenvalue weighted by Gasteiger charge is 2.53. The number of nitrogens with one attached hydrogen (secondary N) is 1. The number of esters is 1. The van der Waals surface area contributed by atoms with Crippen molar-refractivity contribution < 1.29 is 14.6 Å². The molecule has 2 N–H and O–H groups in total. The molecule has 5 nitrogen and oxygen atoms in total. The summed E-state index contributed by atoms with van der Waals surface area (Å²) in [7, 11) is 0. The molecule has 2 saturated heterocycles. The number of aliphatic imine (C=N–C) groups is 1. The van der Waals surface area contributed by atoms with Crippen molar-refractivity contribution in [1.82, 2.24) is 5.32 Å². The second-order valence-electron chi connectivity index (χ2n) is 4.72. The minimum absolute atomic E-state index is 0.116. The topological polar surface area (TPSA) is 70.9 Å². The summed E-state index contributed by atoms with van der Waals surface area (Å²) in [6.07, 6.45) is 1.97. The van der Waals surface area contributed by atoms with Crippen LogP contribution in [0.3, 0.4) is 0 Å². The Morgan fingerprint density at radius 1 is 1.53 bits per heavy atom. The largest absolute Gasteiger partial charge is 0.456 e. The summed E-state index contributed by atoms with van der Waals surface area (Å²) < 4.78 is 5.34. The zero-order valence-corrected chi connectivity index (χ0v) is 10.2. The van der Waals surface area contributed by atoms with Crippen LogP contribution in [0.25, 0.3) is 0 Å². The number of aliphatic hydroxyl groups excluding tert-OH is 1. The molecule has 5 heteroatoms. The van der Waals surface area contributed by atoms with Gasteiger partial charge in [-0.1, -0.05) is 0 Å². The Morgan fingerprint density at radius 2 is 2.24 bits per heavy atom. The van der Waals surface area contributed by atoms with Gasteiger partial charge in [0.05, 0.1) is 5.71 Å². The lowest BCUT2D eigenvalue weighted by Gasteiger charge is -2.30. The maximum atomic E-state index is 12.0. The van der Waals surface area contributed by atoms with Crippen molar-refractivity contribution in [2.24, 2.45) is 10.4 Å². The van der Waals surface area contributed by atoms with Gasteiger partial charge in [0.1, 0.15) is 11.5 Å². The van der Waals surface area contributed by atoms with Crippen molar-refractivity contribution in [3.05, 3.63) is 0 Å². The second kappa shape index (κ2) is 5.14. The fourth-order valence-corrected chi connectivity index (χ4v) is 2.69. The van der Waals surface area contributed by atoms with Crippen LogP contribution in [0, 0.1) is 5.41 Å². The van der Waals surface area contributed by atoms with Gasteiger partial charge < -0.3 is 15.2 Å². The second-order valence-corrected chi connectivity index (χ2v) is 4.72. The molecule has 96 valence electrons. The molecule has 2 aliphatic heterocycles. The van der Waals surface area contributed by atoms with Gasteiger partial charge in [0.25, 0.3) is 0 Å². The Labute approximate surface area is 101 Å². The van der Waals surface area contributed by atoms with Crippen LogP contribution in [0.15, 0.2) is 4.99 Å². The third-order valence-corrected chi connectivity index (χ3v) is 3.61. The molecule has 0 unspecified atom stereocenters. The summed E-state index contributed by atoms with van der Waals surface area (Å²) in [6.45, 7) is 4.25. The summed E-state index contributed by atoms with van der Waals surface area (Å²) in [5.74, 6) is -0.116. The van der Waals surface area contributed by atoms with E-state index < -0.39 is 5.41 Å². The Kier molecular flexibility index (Phi) is 3.79. The number of carbonyl (C=O) groups is 1. The summed E-state index contributed by atoms with van der Waals surface area (Å²) in [5, 5.41) is 12.0. The average Bonchev–Trinajstić information content (AvgIpc) is 2.55. The smallest absolute Gasteiger partial charge is 0.318 e. The highest BCUT2D eigenvalue weighted by atomic mass is 16.6. The number of aliphatic hydroxyl groups is 1. The van der Waals surface area contributed by atoms with Crippen LogP contribution in [0.1, 0.15) is 26.2 Å². The van der Waals surface area contributed by atoms with Crippen LogP contribution in [-0.4, -0.2) is 49.1 Å². The van der Waals surface area contributed by atoms with E-state index in [2.05, 4.69) is 10.3 Å². The van der Waals surface area contributed by atoms with Crippen LogP contribution in [0.5, 0.6) is 0 Å². The van der Waals surface area contributed by atoms with E-state index in [4.69, 9.17) is 9.84 Å². The lowest BCUT2D eigenvalue weighted by molar-refractivity contribution is -0.149. The fourth-order valence-electron chi connectivity index (χ4n) is 2.69. The highest BCUT2D eigenvalue weighted by Crippen LogP contribution is 2.39. The maximum Gasteiger partial charge on any atom is 0.318 e. The third kappa shape index (κ3) is 2.21. The lowest BCUT2D eigenvalue weighted by atomic mass is 9.75. The minimum atomic E-state index is -0.486. The standard InChI is InChI=1S/C12H20N2O3/c1-9-10(14-5-2-8-15)12(11(16)17-9)3-6-13-7-4-12/h9,13,15H,2-8H2,1H3/t9-/m0/s1. The van der Waals surface area contributed by atoms with E-state index >= 15 is 0 Å². The number of hydrogen-bond donors (Lipinski definition) is 2. The van der Waals surface area contributed by atoms with Gasteiger partial charge in [-0.05, 0) is 39.3 Å². The molecule has 0 amide bonds. The van der Waals surface area contributed by atoms with Crippen LogP contribution in [0.4, 0.5) is 0 Å². The van der Waals surface area contributed by atoms with Gasteiger partial charge in [0, 0.05) is 13.2 Å². The molecule has 17 heavy (non-hydrogen) atoms. The molecule has 2 aliphatic rings. The first-order valence-electron chi connectivity index (χ1n) is 6.28. The minimum Gasteiger partial charge on any atom is -0.456 e. The van der Waals surface area contributed by atoms with Crippen molar-refractivity contribution in [1.29, 1.82) is 0 Å². The average molecular weight is 240 g/mol. The lowest BCUT2D eigenvalue weighted by Crippen LogP contribution is -2.44. The molecule has 0 radical (unpaired) electrons. The number of ether oxygens (including phenoxy) is 1. The predicted molar refractivity (Wildman–Crippen MR) is 64.1 cm³/mol. The summed E-state index contributed by atoms with van der Waals surface area (Å²) in [4.78, 5) is 16.5. The van der Waals surface area contributed by atoms with Gasteiger partial charge in [-0.15, -0.1) is 0 Å². The van der Waals surface area contributed by atoms with Crippen molar-refractivity contribution in [2.75, 3.05) is 26.2 Å². The Morgan fingerprint density at radius 3 is 2.88 bits per heavy atom. The quantitative estimate of drug-likeness (QED) is 0.543. The molecule has 1 spiro atoms. The zero-order chi connectivity index (χ0) is 12.3. The van der Waals surface area contributed by atoms with E-state index in [-0.39, 0.29) is 18.7 Å². The first-order chi connectivity index (χ1) is 8.20. The van der Waals surface area contributed by atoms with E-state index in [0.717, 1.165) is 31.6 Å². The molecule has 2 rings (SSSR count). The number of hydrogen-bond acceptors (Lipinski definition) is 5. The molecule has 0 aromatic carbocycles. The molecule has 0 bridgehead atoms. The number of rotatable bonds is 3. The van der Waals surface area contributed by atoms with Crippen LogP contribution < -0.4 is 5.32 Å². The first kappa shape index (κ1) is 12.5. The van der Waals surface area contributed by atoms with Crippen molar-refractivity contribution in [3.63, 3.8) is 0 Å². The maximum absolute atomic E-state index is 12.0. The number of cyclic esters (lactones) is 1. The SMILES string of the molecule is C[C@@H]1OC(=O)C2(CCNCC2)C1=NCCCO. The predicted octanol–water partition coefficient (Wildman–Crippen LogP) is 0.125. The number of piperidine rings is 1. The molecule has 0 aliphatic carbocycles. The van der Waals surface area contributed by atoms with Crippen LogP contribution >= 0.6 is 0 Å². The Balaban J connectivity index is 2.19. The molecule has 0 saturated carbocycles. The third-order valence-electron chi connectivity index (χ3n) is 3.61. The van der Waals surface area contributed by atoms with Gasteiger partial charge in [0.15, 0.2) is 0 Å². The molecular weight excluding hydrogens is 220 g/mol. The van der Waals surface area contributed by atoms with E-state index in [9.17, 15) is 4.79 Å². The molecule has 0 aromatic rings. The summed E-state index contributed by atoms with van der Waals surface area (Å²) >= 11 is 0. The fraction of sp³-hybridized carbons (Fsp3) is 0.833. The number of carbonyl (C=O) groups excluding carboxylic acids is 1. The van der Waals surface area contributed by atoms with E-state index in [1.807, 2.05) is 6.92 Å². The molecular formula is C12H20N2O3. The summed E-state index contributed by atoms with van der Waals surface area (Å²) in [5.41, 5.74) is 0.401. The van der Waals surface area contributed by atoms with Gasteiger partial charge >= 0.3 is 5.97 Å². The van der Waals surface area contributed by atoms with Crippen molar-refractivity contribution in [2.45, 2.75) is 32.3 Å². The van der Waals surface area contributed by atoms with Gasteiger partial charge in [-0.25, -0.2) is 0 Å². The van der Waals surface area contributed by atoms with Crippen molar-refractivity contribution >= 4 is 11.7 Å². The highest BCUT2D eigenvalue weighted by molar-refractivity contribution is 6.13. The van der Waals surface area contributed by atoms with E-state index in [0.29, 0.717) is 13.0 Å². The first-order valence-corrected chi connectivity index (χ1v) is 6.28. The molecule has 1 atom stereocenters. The molecule has 2 heterocycles. The molecule has 2 fully saturated rings. The Hall–Kier alpha value is -0.940. The zero-order valence-electron chi connectivity index (χ0n) is 10.2. The number of nitrogens with zero attached hydrogens (tertiary/aromatic N) is 1. The van der Waals surface area contributed by atoms with E-state index in [1.165, 1.54) is 0 Å². The van der Waals surface area contributed by atoms with E-state index in [1.54, 1.807) is 0 Å². The van der Waals surface area contributed by atoms with Gasteiger partial charge in [-0.3, -0.25) is 9.79 Å². The van der Waals surface area contributed by atoms with Gasteiger partial charge in [0.2, 0.25) is 0 Å². The normalized spacial score (nSPS) is 29.9. The monoisotopic (exact) mass is 240 g/mol. The van der Waals surface area contributed by atoms with Crippen molar-refractivity contribution in [3.8, 4) is 0 Å². The Bertz CT molecular complexity index is 322. The summed E-state index contributed by atoms with van der Waals surface area (Å²) in [6, 6.07) is 0. The molecule has 0 aromatic heterocycles.